The Kier molecular flexibility index (Phi) is 2.86. The maximum absolute atomic E-state index is 10.9. The predicted octanol–water partition coefficient (Wildman–Crippen LogP) is 3.66. The fourth-order valence-electron chi connectivity index (χ4n) is 1.55. The van der Waals surface area contributed by atoms with E-state index in [0.717, 1.165) is 20.9 Å². The second-order valence-electron chi connectivity index (χ2n) is 3.43. The number of nitrogens with zero attached hydrogens (tertiary/aromatic N) is 1. The largest absolute Gasteiger partial charge is 0.478 e. The molecule has 1 heterocycles. The third-order valence-electron chi connectivity index (χ3n) is 2.26. The number of halogens is 2. The molecule has 1 aromatic heterocycles. The summed E-state index contributed by atoms with van der Waals surface area (Å²) in [6.07, 6.45) is 0. The Bertz CT molecular complexity index is 598. The van der Waals surface area contributed by atoms with E-state index >= 15 is 0 Å². The van der Waals surface area contributed by atoms with Crippen molar-refractivity contribution >= 4 is 44.4 Å². The van der Waals surface area contributed by atoms with Crippen molar-refractivity contribution in [2.45, 2.75) is 6.92 Å². The van der Waals surface area contributed by atoms with Crippen LogP contribution in [0.2, 0.25) is 5.15 Å². The molecule has 0 aliphatic carbocycles. The second-order valence-corrected chi connectivity index (χ2v) is 4.70. The highest BCUT2D eigenvalue weighted by Gasteiger charge is 2.12. The number of aryl methyl sites for hydroxylation is 1. The molecule has 16 heavy (non-hydrogen) atoms. The lowest BCUT2D eigenvalue weighted by Crippen LogP contribution is -2.00. The number of fused-ring (bicyclic) bond motifs is 1. The van der Waals surface area contributed by atoms with E-state index in [-0.39, 0.29) is 10.7 Å². The summed E-state index contributed by atoms with van der Waals surface area (Å²) in [7, 11) is 0. The van der Waals surface area contributed by atoms with E-state index in [1.54, 1.807) is 0 Å². The smallest absolute Gasteiger partial charge is 0.338 e. The number of carboxylic acid groups (broad SMARTS) is 1. The Morgan fingerprint density at radius 3 is 2.75 bits per heavy atom. The summed E-state index contributed by atoms with van der Waals surface area (Å²) in [6.45, 7) is 1.90. The van der Waals surface area contributed by atoms with Crippen molar-refractivity contribution in [1.29, 1.82) is 0 Å². The fourth-order valence-corrected chi connectivity index (χ4v) is 2.36. The Morgan fingerprint density at radius 1 is 1.44 bits per heavy atom. The van der Waals surface area contributed by atoms with Crippen LogP contribution in [0, 0.1) is 6.92 Å². The molecule has 2 rings (SSSR count). The molecular formula is C11H7BrClNO2. The van der Waals surface area contributed by atoms with Gasteiger partial charge in [0.05, 0.1) is 11.1 Å². The quantitative estimate of drug-likeness (QED) is 0.818. The van der Waals surface area contributed by atoms with Crippen molar-refractivity contribution in [2.75, 3.05) is 0 Å². The monoisotopic (exact) mass is 299 g/mol. The average Bonchev–Trinajstić information content (AvgIpc) is 2.18. The summed E-state index contributed by atoms with van der Waals surface area (Å²) in [5.41, 5.74) is 1.69. The Hall–Kier alpha value is -1.13. The second kappa shape index (κ2) is 4.03. The van der Waals surface area contributed by atoms with Crippen molar-refractivity contribution in [3.8, 4) is 0 Å². The van der Waals surface area contributed by atoms with Crippen LogP contribution in [0.1, 0.15) is 15.9 Å². The van der Waals surface area contributed by atoms with Gasteiger partial charge in [-0.25, -0.2) is 9.78 Å². The Balaban J connectivity index is 2.84. The molecule has 1 N–H and O–H groups in total. The maximum atomic E-state index is 10.9. The molecule has 0 bridgehead atoms. The van der Waals surface area contributed by atoms with E-state index in [1.165, 1.54) is 6.07 Å². The van der Waals surface area contributed by atoms with Gasteiger partial charge in [0.1, 0.15) is 5.15 Å². The summed E-state index contributed by atoms with van der Waals surface area (Å²) >= 11 is 9.16. The first kappa shape index (κ1) is 11.4. The van der Waals surface area contributed by atoms with E-state index in [9.17, 15) is 4.79 Å². The summed E-state index contributed by atoms with van der Waals surface area (Å²) < 4.78 is 0.887. The van der Waals surface area contributed by atoms with E-state index in [4.69, 9.17) is 16.7 Å². The Morgan fingerprint density at radius 2 is 2.12 bits per heavy atom. The molecule has 0 amide bonds. The molecule has 0 radical (unpaired) electrons. The molecule has 3 nitrogen and oxygen atoms in total. The minimum atomic E-state index is -1.07. The standard InChI is InChI=1S/C11H7BrClNO2/c1-5-2-7(12)3-6-4-8(11(15)16)10(13)14-9(5)6/h2-4H,1H3,(H,15,16). The summed E-state index contributed by atoms with van der Waals surface area (Å²) in [5.74, 6) is -1.07. The van der Waals surface area contributed by atoms with Crippen LogP contribution in [0.15, 0.2) is 22.7 Å². The molecule has 0 saturated carbocycles. The van der Waals surface area contributed by atoms with Crippen molar-refractivity contribution < 1.29 is 9.90 Å². The number of carbonyl (C=O) groups is 1. The van der Waals surface area contributed by atoms with Crippen LogP contribution in [0.4, 0.5) is 0 Å². The first-order chi connectivity index (χ1) is 7.49. The van der Waals surface area contributed by atoms with E-state index in [2.05, 4.69) is 20.9 Å². The fraction of sp³-hybridized carbons (Fsp3) is 0.0909. The van der Waals surface area contributed by atoms with Gasteiger partial charge in [-0.1, -0.05) is 27.5 Å². The maximum Gasteiger partial charge on any atom is 0.338 e. The molecule has 0 aliphatic heterocycles. The van der Waals surface area contributed by atoms with Gasteiger partial charge in [-0.05, 0) is 30.7 Å². The first-order valence-corrected chi connectivity index (χ1v) is 5.66. The van der Waals surface area contributed by atoms with Crippen LogP contribution in [-0.4, -0.2) is 16.1 Å². The van der Waals surface area contributed by atoms with Crippen molar-refractivity contribution in [2.24, 2.45) is 0 Å². The molecule has 5 heteroatoms. The van der Waals surface area contributed by atoms with Gasteiger partial charge in [-0.3, -0.25) is 0 Å². The number of aromatic carboxylic acids is 1. The number of hydrogen-bond acceptors (Lipinski definition) is 2. The lowest BCUT2D eigenvalue weighted by atomic mass is 10.1. The van der Waals surface area contributed by atoms with Crippen molar-refractivity contribution in [3.05, 3.63) is 39.0 Å². The van der Waals surface area contributed by atoms with Gasteiger partial charge in [-0.15, -0.1) is 0 Å². The lowest BCUT2D eigenvalue weighted by Gasteiger charge is -2.05. The Labute approximate surface area is 105 Å². The molecule has 0 atom stereocenters. The number of benzene rings is 1. The SMILES string of the molecule is Cc1cc(Br)cc2cc(C(=O)O)c(Cl)nc12. The van der Waals surface area contributed by atoms with Crippen LogP contribution in [0.5, 0.6) is 0 Å². The topological polar surface area (TPSA) is 50.2 Å². The number of hydrogen-bond donors (Lipinski definition) is 1. The van der Waals surface area contributed by atoms with Crippen LogP contribution in [0.25, 0.3) is 10.9 Å². The normalized spacial score (nSPS) is 10.7. The first-order valence-electron chi connectivity index (χ1n) is 4.48. The molecule has 0 aliphatic rings. The molecular weight excluding hydrogens is 293 g/mol. The van der Waals surface area contributed by atoms with Gasteiger partial charge < -0.3 is 5.11 Å². The third-order valence-corrected chi connectivity index (χ3v) is 3.00. The molecule has 0 saturated heterocycles. The van der Waals surface area contributed by atoms with Crippen LogP contribution >= 0.6 is 27.5 Å². The van der Waals surface area contributed by atoms with Crippen LogP contribution in [-0.2, 0) is 0 Å². The summed E-state index contributed by atoms with van der Waals surface area (Å²) in [6, 6.07) is 5.26. The zero-order valence-corrected chi connectivity index (χ0v) is 10.6. The molecule has 1 aromatic carbocycles. The van der Waals surface area contributed by atoms with Gasteiger partial charge in [0, 0.05) is 9.86 Å². The highest BCUT2D eigenvalue weighted by Crippen LogP contribution is 2.26. The van der Waals surface area contributed by atoms with Crippen LogP contribution < -0.4 is 0 Å². The van der Waals surface area contributed by atoms with E-state index in [0.29, 0.717) is 0 Å². The zero-order chi connectivity index (χ0) is 11.9. The average molecular weight is 301 g/mol. The van der Waals surface area contributed by atoms with Crippen LogP contribution in [0.3, 0.4) is 0 Å². The zero-order valence-electron chi connectivity index (χ0n) is 8.29. The van der Waals surface area contributed by atoms with Gasteiger partial charge in [-0.2, -0.15) is 0 Å². The summed E-state index contributed by atoms with van der Waals surface area (Å²) in [4.78, 5) is 15.0. The van der Waals surface area contributed by atoms with E-state index in [1.807, 2.05) is 19.1 Å². The predicted molar refractivity (Wildman–Crippen MR) is 66.1 cm³/mol. The summed E-state index contributed by atoms with van der Waals surface area (Å²) in [5, 5.41) is 9.70. The highest BCUT2D eigenvalue weighted by atomic mass is 79.9. The van der Waals surface area contributed by atoms with E-state index < -0.39 is 5.97 Å². The molecule has 0 spiro atoms. The van der Waals surface area contributed by atoms with Gasteiger partial charge in [0.25, 0.3) is 0 Å². The van der Waals surface area contributed by atoms with Crippen molar-refractivity contribution in [3.63, 3.8) is 0 Å². The lowest BCUT2D eigenvalue weighted by molar-refractivity contribution is 0.0697. The minimum Gasteiger partial charge on any atom is -0.478 e. The molecule has 2 aromatic rings. The number of aromatic nitrogens is 1. The van der Waals surface area contributed by atoms with Gasteiger partial charge >= 0.3 is 5.97 Å². The van der Waals surface area contributed by atoms with Gasteiger partial charge in [0.15, 0.2) is 0 Å². The number of pyridine rings is 1. The van der Waals surface area contributed by atoms with Gasteiger partial charge in [0.2, 0.25) is 0 Å². The molecule has 0 unspecified atom stereocenters. The number of carboxylic acids is 1. The molecule has 0 fully saturated rings. The highest BCUT2D eigenvalue weighted by molar-refractivity contribution is 9.10. The minimum absolute atomic E-state index is 0.0189. The number of rotatable bonds is 1. The molecule has 82 valence electrons. The third kappa shape index (κ3) is 1.90. The van der Waals surface area contributed by atoms with Crippen molar-refractivity contribution in [1.82, 2.24) is 4.98 Å².